The van der Waals surface area contributed by atoms with E-state index in [2.05, 4.69) is 35.3 Å². The quantitative estimate of drug-likeness (QED) is 0.858. The topological polar surface area (TPSA) is 42.3 Å². The predicted molar refractivity (Wildman–Crippen MR) is 85.3 cm³/mol. The van der Waals surface area contributed by atoms with Crippen LogP contribution in [0.2, 0.25) is 0 Å². The van der Waals surface area contributed by atoms with Crippen molar-refractivity contribution in [2.75, 3.05) is 51.8 Å². The minimum atomic E-state index is 0.484. The van der Waals surface area contributed by atoms with Crippen LogP contribution >= 0.6 is 11.8 Å². The summed E-state index contributed by atoms with van der Waals surface area (Å²) in [5.74, 6) is 0. The molecule has 1 heterocycles. The number of hydrogen-bond donors (Lipinski definition) is 1. The molecule has 1 fully saturated rings. The van der Waals surface area contributed by atoms with Gasteiger partial charge in [-0.3, -0.25) is 4.90 Å². The van der Waals surface area contributed by atoms with E-state index in [4.69, 9.17) is 0 Å². The Balaban J connectivity index is 2.05. The van der Waals surface area contributed by atoms with Crippen molar-refractivity contribution < 1.29 is 0 Å². The number of nitriles is 1. The van der Waals surface area contributed by atoms with Gasteiger partial charge in [-0.2, -0.15) is 5.26 Å². The zero-order chi connectivity index (χ0) is 14.5. The van der Waals surface area contributed by atoms with E-state index >= 15 is 0 Å². The molecule has 0 spiro atoms. The van der Waals surface area contributed by atoms with Crippen molar-refractivity contribution >= 4 is 17.4 Å². The van der Waals surface area contributed by atoms with Crippen LogP contribution in [0.3, 0.4) is 0 Å². The Labute approximate surface area is 125 Å². The van der Waals surface area contributed by atoms with E-state index in [9.17, 15) is 5.26 Å². The maximum Gasteiger partial charge on any atom is 0.102 e. The van der Waals surface area contributed by atoms with Crippen molar-refractivity contribution in [3.05, 3.63) is 23.8 Å². The molecule has 0 saturated carbocycles. The van der Waals surface area contributed by atoms with Gasteiger partial charge < -0.3 is 10.2 Å². The second-order valence-electron chi connectivity index (χ2n) is 5.27. The smallest absolute Gasteiger partial charge is 0.102 e. The number of anilines is 1. The number of thioether (sulfide) groups is 1. The Morgan fingerprint density at radius 3 is 2.90 bits per heavy atom. The molecule has 1 saturated heterocycles. The van der Waals surface area contributed by atoms with Crippen molar-refractivity contribution in [1.82, 2.24) is 9.80 Å². The molecule has 1 aliphatic rings. The van der Waals surface area contributed by atoms with Crippen molar-refractivity contribution in [3.8, 4) is 6.07 Å². The minimum absolute atomic E-state index is 0.484. The first-order valence-corrected chi connectivity index (χ1v) is 8.08. The highest BCUT2D eigenvalue weighted by Crippen LogP contribution is 2.26. The number of nitrogens with one attached hydrogen (secondary N) is 1. The summed E-state index contributed by atoms with van der Waals surface area (Å²) < 4.78 is 0. The molecule has 1 N–H and O–H groups in total. The van der Waals surface area contributed by atoms with Gasteiger partial charge in [0.15, 0.2) is 0 Å². The number of nitrogens with zero attached hydrogens (tertiary/aromatic N) is 3. The fourth-order valence-corrected chi connectivity index (χ4v) is 3.09. The van der Waals surface area contributed by atoms with Crippen molar-refractivity contribution in [1.29, 1.82) is 5.26 Å². The molecule has 4 nitrogen and oxygen atoms in total. The van der Waals surface area contributed by atoms with E-state index in [1.54, 1.807) is 11.8 Å². The fraction of sp³-hybridized carbons (Fsp3) is 0.533. The number of piperazine rings is 1. The van der Waals surface area contributed by atoms with Crippen LogP contribution in [0.1, 0.15) is 5.56 Å². The van der Waals surface area contributed by atoms with Gasteiger partial charge in [0, 0.05) is 37.1 Å². The summed E-state index contributed by atoms with van der Waals surface area (Å²) >= 11 is 1.62. The fourth-order valence-electron chi connectivity index (χ4n) is 2.51. The highest BCUT2D eigenvalue weighted by molar-refractivity contribution is 7.98. The second-order valence-corrected chi connectivity index (χ2v) is 6.12. The van der Waals surface area contributed by atoms with E-state index in [1.807, 2.05) is 24.5 Å². The molecular formula is C15H22N4S. The summed E-state index contributed by atoms with van der Waals surface area (Å²) in [4.78, 5) is 5.78. The lowest BCUT2D eigenvalue weighted by atomic mass is 10.1. The molecule has 0 aliphatic carbocycles. The average Bonchev–Trinajstić information content (AvgIpc) is 2.47. The molecule has 108 valence electrons. The van der Waals surface area contributed by atoms with E-state index in [0.29, 0.717) is 6.04 Å². The lowest BCUT2D eigenvalue weighted by Gasteiger charge is -2.38. The monoisotopic (exact) mass is 290 g/mol. The molecule has 0 bridgehead atoms. The molecule has 0 aromatic heterocycles. The molecule has 20 heavy (non-hydrogen) atoms. The highest BCUT2D eigenvalue weighted by Gasteiger charge is 2.22. The van der Waals surface area contributed by atoms with Crippen LogP contribution in [0.4, 0.5) is 5.69 Å². The van der Waals surface area contributed by atoms with Gasteiger partial charge in [0.2, 0.25) is 0 Å². The van der Waals surface area contributed by atoms with Gasteiger partial charge in [-0.25, -0.2) is 0 Å². The number of benzene rings is 1. The van der Waals surface area contributed by atoms with Crippen LogP contribution in [0.15, 0.2) is 23.1 Å². The van der Waals surface area contributed by atoms with Gasteiger partial charge in [0.05, 0.1) is 11.3 Å². The SMILES string of the molecule is CSc1cccc(NCC2CN(C)CCN2C)c1C#N. The minimum Gasteiger partial charge on any atom is -0.382 e. The van der Waals surface area contributed by atoms with Crippen LogP contribution < -0.4 is 5.32 Å². The summed E-state index contributed by atoms with van der Waals surface area (Å²) in [6.07, 6.45) is 2.00. The zero-order valence-electron chi connectivity index (χ0n) is 12.4. The van der Waals surface area contributed by atoms with Crippen LogP contribution in [-0.4, -0.2) is 62.4 Å². The molecular weight excluding hydrogens is 268 g/mol. The molecule has 0 radical (unpaired) electrons. The maximum absolute atomic E-state index is 9.34. The average molecular weight is 290 g/mol. The van der Waals surface area contributed by atoms with Gasteiger partial charge in [0.25, 0.3) is 0 Å². The van der Waals surface area contributed by atoms with Crippen LogP contribution in [-0.2, 0) is 0 Å². The van der Waals surface area contributed by atoms with Crippen molar-refractivity contribution in [3.63, 3.8) is 0 Å². The third-order valence-corrected chi connectivity index (χ3v) is 4.65. The van der Waals surface area contributed by atoms with Gasteiger partial charge in [-0.15, -0.1) is 11.8 Å². The molecule has 1 unspecified atom stereocenters. The maximum atomic E-state index is 9.34. The Bertz CT molecular complexity index is 497. The Morgan fingerprint density at radius 1 is 1.40 bits per heavy atom. The van der Waals surface area contributed by atoms with Gasteiger partial charge in [-0.05, 0) is 32.5 Å². The summed E-state index contributed by atoms with van der Waals surface area (Å²) in [5, 5.41) is 12.8. The van der Waals surface area contributed by atoms with E-state index in [1.165, 1.54) is 0 Å². The van der Waals surface area contributed by atoms with E-state index in [0.717, 1.165) is 42.3 Å². The lowest BCUT2D eigenvalue weighted by Crippen LogP contribution is -2.52. The number of likely N-dealkylation sites (N-methyl/N-ethyl adjacent to an activating group) is 2. The van der Waals surface area contributed by atoms with Crippen LogP contribution in [0, 0.1) is 11.3 Å². The Hall–Kier alpha value is -1.22. The third kappa shape index (κ3) is 3.45. The first kappa shape index (κ1) is 15.2. The molecule has 0 amide bonds. The zero-order valence-corrected chi connectivity index (χ0v) is 13.2. The summed E-state index contributed by atoms with van der Waals surface area (Å²) in [6, 6.07) is 8.79. The second kappa shape index (κ2) is 6.98. The van der Waals surface area contributed by atoms with Crippen molar-refractivity contribution in [2.45, 2.75) is 10.9 Å². The van der Waals surface area contributed by atoms with Crippen molar-refractivity contribution in [2.24, 2.45) is 0 Å². The highest BCUT2D eigenvalue weighted by atomic mass is 32.2. The number of rotatable bonds is 4. The summed E-state index contributed by atoms with van der Waals surface area (Å²) in [6.45, 7) is 4.15. The molecule has 1 aromatic rings. The van der Waals surface area contributed by atoms with Crippen LogP contribution in [0.25, 0.3) is 0 Å². The Kier molecular flexibility index (Phi) is 5.30. The van der Waals surface area contributed by atoms with E-state index in [-0.39, 0.29) is 0 Å². The molecule has 1 aliphatic heterocycles. The summed E-state index contributed by atoms with van der Waals surface area (Å²) in [7, 11) is 4.33. The first-order valence-electron chi connectivity index (χ1n) is 6.85. The first-order chi connectivity index (χ1) is 9.65. The van der Waals surface area contributed by atoms with Gasteiger partial charge >= 0.3 is 0 Å². The largest absolute Gasteiger partial charge is 0.382 e. The standard InChI is InChI=1S/C15H22N4S/c1-18-7-8-19(2)12(11-18)10-17-14-5-4-6-15(20-3)13(14)9-16/h4-6,12,17H,7-8,10-11H2,1-3H3. The molecule has 1 aromatic carbocycles. The molecule has 1 atom stereocenters. The third-order valence-electron chi connectivity index (χ3n) is 3.87. The van der Waals surface area contributed by atoms with Crippen LogP contribution in [0.5, 0.6) is 0 Å². The lowest BCUT2D eigenvalue weighted by molar-refractivity contribution is 0.122. The normalized spacial score (nSPS) is 20.6. The predicted octanol–water partition coefficient (Wildman–Crippen LogP) is 1.94. The van der Waals surface area contributed by atoms with Gasteiger partial charge in [0.1, 0.15) is 6.07 Å². The summed E-state index contributed by atoms with van der Waals surface area (Å²) in [5.41, 5.74) is 1.70. The van der Waals surface area contributed by atoms with E-state index < -0.39 is 0 Å². The van der Waals surface area contributed by atoms with Gasteiger partial charge in [-0.1, -0.05) is 6.07 Å². The number of hydrogen-bond acceptors (Lipinski definition) is 5. The Morgan fingerprint density at radius 2 is 2.20 bits per heavy atom. The molecule has 5 heteroatoms. The molecule has 2 rings (SSSR count).